The molecule has 126 valence electrons. The predicted molar refractivity (Wildman–Crippen MR) is 109 cm³/mol. The Bertz CT molecular complexity index is 1260. The molecule has 0 fully saturated rings. The minimum absolute atomic E-state index is 0.357. The van der Waals surface area contributed by atoms with Crippen molar-refractivity contribution in [1.82, 2.24) is 14.9 Å². The summed E-state index contributed by atoms with van der Waals surface area (Å²) in [5.41, 5.74) is 3.30. The zero-order valence-corrected chi connectivity index (χ0v) is 15.6. The molecule has 0 atom stereocenters. The van der Waals surface area contributed by atoms with Crippen molar-refractivity contribution in [2.24, 2.45) is 0 Å². The van der Waals surface area contributed by atoms with E-state index in [4.69, 9.17) is 0 Å². The molecule has 1 aliphatic heterocycles. The van der Waals surface area contributed by atoms with Crippen molar-refractivity contribution in [3.8, 4) is 0 Å². The standard InChI is InChI=1S/C20H12IN3O2/c21-12-5-6-15-13(9-12)14(10-22-15)17-18(20(26)23-19(17)25)24-8-7-11-3-1-2-4-16(11)24/h1-10,22H,(H,23,25,26). The van der Waals surface area contributed by atoms with Gasteiger partial charge in [-0.05, 0) is 58.3 Å². The van der Waals surface area contributed by atoms with Gasteiger partial charge in [0.15, 0.2) is 0 Å². The number of benzene rings is 2. The summed E-state index contributed by atoms with van der Waals surface area (Å²) in [5.74, 6) is -0.756. The van der Waals surface area contributed by atoms with E-state index in [0.717, 1.165) is 30.9 Å². The lowest BCUT2D eigenvalue weighted by atomic mass is 10.0. The molecule has 26 heavy (non-hydrogen) atoms. The fourth-order valence-electron chi connectivity index (χ4n) is 3.50. The van der Waals surface area contributed by atoms with Gasteiger partial charge in [-0.1, -0.05) is 18.2 Å². The van der Waals surface area contributed by atoms with E-state index in [1.807, 2.05) is 54.7 Å². The molecule has 0 bridgehead atoms. The molecule has 2 N–H and O–H groups in total. The van der Waals surface area contributed by atoms with Crippen molar-refractivity contribution in [2.75, 3.05) is 0 Å². The highest BCUT2D eigenvalue weighted by Gasteiger charge is 2.34. The molecule has 6 heteroatoms. The zero-order chi connectivity index (χ0) is 17.8. The lowest BCUT2D eigenvalue weighted by molar-refractivity contribution is -0.122. The molecular weight excluding hydrogens is 441 g/mol. The maximum atomic E-state index is 12.6. The van der Waals surface area contributed by atoms with Crippen molar-refractivity contribution in [2.45, 2.75) is 0 Å². The van der Waals surface area contributed by atoms with Gasteiger partial charge in [-0.25, -0.2) is 0 Å². The van der Waals surface area contributed by atoms with Gasteiger partial charge >= 0.3 is 0 Å². The molecule has 5 rings (SSSR count). The first-order valence-electron chi connectivity index (χ1n) is 8.07. The minimum Gasteiger partial charge on any atom is -0.361 e. The fraction of sp³-hybridized carbons (Fsp3) is 0. The van der Waals surface area contributed by atoms with Crippen LogP contribution in [-0.2, 0) is 9.59 Å². The summed E-state index contributed by atoms with van der Waals surface area (Å²) in [7, 11) is 0. The highest BCUT2D eigenvalue weighted by molar-refractivity contribution is 14.1. The van der Waals surface area contributed by atoms with Gasteiger partial charge in [0.05, 0.1) is 11.1 Å². The van der Waals surface area contributed by atoms with Crippen LogP contribution in [0.3, 0.4) is 0 Å². The van der Waals surface area contributed by atoms with Gasteiger partial charge in [-0.15, -0.1) is 0 Å². The smallest absolute Gasteiger partial charge is 0.275 e. The highest BCUT2D eigenvalue weighted by Crippen LogP contribution is 2.34. The summed E-state index contributed by atoms with van der Waals surface area (Å²) in [6.45, 7) is 0. The van der Waals surface area contributed by atoms with E-state index >= 15 is 0 Å². The summed E-state index contributed by atoms with van der Waals surface area (Å²) in [4.78, 5) is 28.4. The maximum Gasteiger partial charge on any atom is 0.275 e. The van der Waals surface area contributed by atoms with Crippen LogP contribution in [0.15, 0.2) is 60.9 Å². The van der Waals surface area contributed by atoms with Gasteiger partial charge in [0.1, 0.15) is 5.70 Å². The SMILES string of the molecule is O=C1NC(=O)C(n2ccc3ccccc32)=C1c1c[nH]c2ccc(I)cc12. The summed E-state index contributed by atoms with van der Waals surface area (Å²) >= 11 is 2.24. The van der Waals surface area contributed by atoms with Gasteiger partial charge in [-0.3, -0.25) is 14.9 Å². The van der Waals surface area contributed by atoms with Crippen LogP contribution in [0.2, 0.25) is 0 Å². The van der Waals surface area contributed by atoms with Gasteiger partial charge in [0.2, 0.25) is 0 Å². The molecule has 0 saturated carbocycles. The second-order valence-electron chi connectivity index (χ2n) is 6.14. The van der Waals surface area contributed by atoms with E-state index in [9.17, 15) is 9.59 Å². The van der Waals surface area contributed by atoms with Gasteiger partial charge < -0.3 is 9.55 Å². The molecule has 1 aliphatic rings. The van der Waals surface area contributed by atoms with Gasteiger partial charge in [0, 0.05) is 32.4 Å². The molecular formula is C20H12IN3O2. The average Bonchev–Trinajstić information content (AvgIpc) is 3.29. The third-order valence-corrected chi connectivity index (χ3v) is 5.33. The van der Waals surface area contributed by atoms with E-state index in [0.29, 0.717) is 11.3 Å². The van der Waals surface area contributed by atoms with Crippen LogP contribution in [0.5, 0.6) is 0 Å². The molecule has 2 aromatic heterocycles. The van der Waals surface area contributed by atoms with Crippen molar-refractivity contribution in [3.05, 3.63) is 70.1 Å². The first-order chi connectivity index (χ1) is 12.6. The lowest BCUT2D eigenvalue weighted by Crippen LogP contribution is -2.23. The predicted octanol–water partition coefficient (Wildman–Crippen LogP) is 3.75. The highest BCUT2D eigenvalue weighted by atomic mass is 127. The van der Waals surface area contributed by atoms with Crippen molar-refractivity contribution in [3.63, 3.8) is 0 Å². The third kappa shape index (κ3) is 2.15. The first-order valence-corrected chi connectivity index (χ1v) is 9.15. The van der Waals surface area contributed by atoms with E-state index in [2.05, 4.69) is 32.9 Å². The average molecular weight is 453 g/mol. The Kier molecular flexibility index (Phi) is 3.30. The van der Waals surface area contributed by atoms with Crippen LogP contribution in [0.4, 0.5) is 0 Å². The molecule has 0 radical (unpaired) electrons. The molecule has 3 heterocycles. The van der Waals surface area contributed by atoms with Crippen LogP contribution in [0.25, 0.3) is 33.1 Å². The molecule has 0 spiro atoms. The third-order valence-electron chi connectivity index (χ3n) is 4.66. The Hall–Kier alpha value is -2.87. The number of amides is 2. The van der Waals surface area contributed by atoms with Gasteiger partial charge in [-0.2, -0.15) is 0 Å². The first kappa shape index (κ1) is 15.4. The Balaban J connectivity index is 1.85. The number of carbonyl (C=O) groups is 2. The number of fused-ring (bicyclic) bond motifs is 2. The Morgan fingerprint density at radius 2 is 1.81 bits per heavy atom. The maximum absolute atomic E-state index is 12.6. The molecule has 0 saturated heterocycles. The number of rotatable bonds is 2. The molecule has 0 aliphatic carbocycles. The zero-order valence-electron chi connectivity index (χ0n) is 13.4. The van der Waals surface area contributed by atoms with E-state index < -0.39 is 0 Å². The molecule has 2 amide bonds. The van der Waals surface area contributed by atoms with Crippen LogP contribution < -0.4 is 5.32 Å². The van der Waals surface area contributed by atoms with Crippen LogP contribution in [0.1, 0.15) is 5.56 Å². The molecule has 5 nitrogen and oxygen atoms in total. The fourth-order valence-corrected chi connectivity index (χ4v) is 3.99. The van der Waals surface area contributed by atoms with Crippen LogP contribution in [0, 0.1) is 3.57 Å². The van der Waals surface area contributed by atoms with Crippen molar-refractivity contribution < 1.29 is 9.59 Å². The number of nitrogens with one attached hydrogen (secondary N) is 2. The van der Waals surface area contributed by atoms with Gasteiger partial charge in [0.25, 0.3) is 11.8 Å². The number of hydrogen-bond acceptors (Lipinski definition) is 2. The minimum atomic E-state index is -0.383. The van der Waals surface area contributed by atoms with Crippen LogP contribution >= 0.6 is 22.6 Å². The number of nitrogens with zero attached hydrogens (tertiary/aromatic N) is 1. The number of halogens is 1. The van der Waals surface area contributed by atoms with Crippen molar-refractivity contribution >= 4 is 67.5 Å². The number of aromatic nitrogens is 2. The summed E-state index contributed by atoms with van der Waals surface area (Å²) < 4.78 is 2.85. The second-order valence-corrected chi connectivity index (χ2v) is 7.39. The number of hydrogen-bond donors (Lipinski definition) is 2. The summed E-state index contributed by atoms with van der Waals surface area (Å²) in [6, 6.07) is 15.7. The van der Waals surface area contributed by atoms with E-state index in [1.54, 1.807) is 10.8 Å². The Labute approximate surface area is 161 Å². The molecule has 0 unspecified atom stereocenters. The second kappa shape index (κ2) is 5.57. The van der Waals surface area contributed by atoms with E-state index in [1.165, 1.54) is 0 Å². The van der Waals surface area contributed by atoms with E-state index in [-0.39, 0.29) is 11.8 Å². The monoisotopic (exact) mass is 453 g/mol. The number of carbonyl (C=O) groups excluding carboxylic acids is 2. The number of aromatic amines is 1. The summed E-state index contributed by atoms with van der Waals surface area (Å²) in [6.07, 6.45) is 3.62. The topological polar surface area (TPSA) is 66.9 Å². The number of imide groups is 1. The normalized spacial score (nSPS) is 14.7. The molecule has 4 aromatic rings. The Morgan fingerprint density at radius 3 is 2.69 bits per heavy atom. The largest absolute Gasteiger partial charge is 0.361 e. The quantitative estimate of drug-likeness (QED) is 0.359. The number of para-hydroxylation sites is 1. The summed E-state index contributed by atoms with van der Waals surface area (Å²) in [5, 5.41) is 4.38. The van der Waals surface area contributed by atoms with Crippen LogP contribution in [-0.4, -0.2) is 21.4 Å². The lowest BCUT2D eigenvalue weighted by Gasteiger charge is -2.07. The number of H-pyrrole nitrogens is 1. The Morgan fingerprint density at radius 1 is 0.962 bits per heavy atom. The molecule has 2 aromatic carbocycles. The van der Waals surface area contributed by atoms with Crippen molar-refractivity contribution in [1.29, 1.82) is 0 Å².